The first-order valence-electron chi connectivity index (χ1n) is 3.75. The Morgan fingerprint density at radius 1 is 1.50 bits per heavy atom. The van der Waals surface area contributed by atoms with Crippen molar-refractivity contribution in [3.63, 3.8) is 0 Å². The van der Waals surface area contributed by atoms with Gasteiger partial charge >= 0.3 is 5.97 Å². The molecule has 3 nitrogen and oxygen atoms in total. The first-order chi connectivity index (χ1) is 4.79. The molecule has 0 aromatic carbocycles. The van der Waals surface area contributed by atoms with Gasteiger partial charge in [-0.1, -0.05) is 0 Å². The SMILES string of the molecule is NC1C2CCCC1C(=O)O2. The minimum Gasteiger partial charge on any atom is -0.460 e. The second kappa shape index (κ2) is 1.95. The molecule has 3 atom stereocenters. The predicted octanol–water partition coefficient (Wildman–Crippen LogP) is 0.0392. The van der Waals surface area contributed by atoms with Gasteiger partial charge in [0.1, 0.15) is 6.10 Å². The average Bonchev–Trinajstić information content (AvgIpc) is 2.16. The van der Waals surface area contributed by atoms with Gasteiger partial charge in [-0.05, 0) is 19.3 Å². The van der Waals surface area contributed by atoms with Crippen molar-refractivity contribution in [3.05, 3.63) is 0 Å². The van der Waals surface area contributed by atoms with Crippen LogP contribution in [-0.2, 0) is 9.53 Å². The van der Waals surface area contributed by atoms with Crippen LogP contribution in [-0.4, -0.2) is 18.1 Å². The first kappa shape index (κ1) is 6.16. The van der Waals surface area contributed by atoms with Crippen molar-refractivity contribution in [2.75, 3.05) is 0 Å². The van der Waals surface area contributed by atoms with Crippen LogP contribution in [0.3, 0.4) is 0 Å². The van der Waals surface area contributed by atoms with Gasteiger partial charge in [-0.2, -0.15) is 0 Å². The van der Waals surface area contributed by atoms with Crippen LogP contribution in [0.5, 0.6) is 0 Å². The Hall–Kier alpha value is -0.570. The van der Waals surface area contributed by atoms with Gasteiger partial charge in [-0.15, -0.1) is 0 Å². The Morgan fingerprint density at radius 2 is 2.30 bits per heavy atom. The molecular formula is C7H11NO2. The van der Waals surface area contributed by atoms with Crippen LogP contribution < -0.4 is 5.73 Å². The molecular weight excluding hydrogens is 130 g/mol. The van der Waals surface area contributed by atoms with E-state index < -0.39 is 0 Å². The number of esters is 1. The van der Waals surface area contributed by atoms with Gasteiger partial charge in [0.2, 0.25) is 0 Å². The molecule has 2 rings (SSSR count). The van der Waals surface area contributed by atoms with Gasteiger partial charge in [0, 0.05) is 0 Å². The number of hydrogen-bond donors (Lipinski definition) is 1. The molecule has 0 radical (unpaired) electrons. The summed E-state index contributed by atoms with van der Waals surface area (Å²) in [7, 11) is 0. The number of fused-ring (bicyclic) bond motifs is 2. The van der Waals surface area contributed by atoms with Crippen molar-refractivity contribution < 1.29 is 9.53 Å². The molecule has 0 amide bonds. The Morgan fingerprint density at radius 3 is 2.90 bits per heavy atom. The van der Waals surface area contributed by atoms with E-state index in [2.05, 4.69) is 0 Å². The molecule has 3 unspecified atom stereocenters. The number of ether oxygens (including phenoxy) is 1. The van der Waals surface area contributed by atoms with Crippen molar-refractivity contribution in [2.45, 2.75) is 31.4 Å². The van der Waals surface area contributed by atoms with E-state index in [1.807, 2.05) is 0 Å². The maximum Gasteiger partial charge on any atom is 0.310 e. The molecule has 1 saturated carbocycles. The van der Waals surface area contributed by atoms with Gasteiger partial charge in [0.05, 0.1) is 12.0 Å². The lowest BCUT2D eigenvalue weighted by Gasteiger charge is -2.20. The summed E-state index contributed by atoms with van der Waals surface area (Å²) < 4.78 is 5.03. The van der Waals surface area contributed by atoms with Crippen LogP contribution in [0.2, 0.25) is 0 Å². The van der Waals surface area contributed by atoms with E-state index in [-0.39, 0.29) is 24.0 Å². The number of hydrogen-bond acceptors (Lipinski definition) is 3. The van der Waals surface area contributed by atoms with E-state index in [0.29, 0.717) is 0 Å². The highest BCUT2D eigenvalue weighted by Gasteiger charge is 2.44. The molecule has 1 aliphatic heterocycles. The quantitative estimate of drug-likeness (QED) is 0.484. The van der Waals surface area contributed by atoms with Crippen LogP contribution in [0.15, 0.2) is 0 Å². The van der Waals surface area contributed by atoms with Crippen LogP contribution >= 0.6 is 0 Å². The van der Waals surface area contributed by atoms with E-state index in [1.54, 1.807) is 0 Å². The van der Waals surface area contributed by atoms with E-state index in [0.717, 1.165) is 19.3 Å². The molecule has 3 heteroatoms. The van der Waals surface area contributed by atoms with Gasteiger partial charge in [-0.25, -0.2) is 0 Å². The molecule has 1 saturated heterocycles. The summed E-state index contributed by atoms with van der Waals surface area (Å²) in [5, 5.41) is 0. The number of rotatable bonds is 0. The topological polar surface area (TPSA) is 52.3 Å². The van der Waals surface area contributed by atoms with E-state index in [9.17, 15) is 4.79 Å². The van der Waals surface area contributed by atoms with Crippen LogP contribution in [0.4, 0.5) is 0 Å². The zero-order chi connectivity index (χ0) is 7.14. The number of nitrogens with two attached hydrogens (primary N) is 1. The zero-order valence-corrected chi connectivity index (χ0v) is 5.75. The predicted molar refractivity (Wildman–Crippen MR) is 35.2 cm³/mol. The Labute approximate surface area is 59.5 Å². The van der Waals surface area contributed by atoms with Gasteiger partial charge in [-0.3, -0.25) is 4.79 Å². The zero-order valence-electron chi connectivity index (χ0n) is 5.75. The fourth-order valence-corrected chi connectivity index (χ4v) is 1.83. The van der Waals surface area contributed by atoms with Gasteiger partial charge in [0.15, 0.2) is 0 Å². The van der Waals surface area contributed by atoms with Crippen molar-refractivity contribution in [1.29, 1.82) is 0 Å². The summed E-state index contributed by atoms with van der Waals surface area (Å²) in [5.41, 5.74) is 5.73. The van der Waals surface area contributed by atoms with Crippen molar-refractivity contribution in [1.82, 2.24) is 0 Å². The molecule has 56 valence electrons. The van der Waals surface area contributed by atoms with Gasteiger partial charge < -0.3 is 10.5 Å². The highest BCUT2D eigenvalue weighted by molar-refractivity contribution is 5.76. The normalized spacial score (nSPS) is 45.3. The Balaban J connectivity index is 2.22. The number of carbonyl (C=O) groups is 1. The van der Waals surface area contributed by atoms with Crippen molar-refractivity contribution in [2.24, 2.45) is 11.7 Å². The lowest BCUT2D eigenvalue weighted by atomic mass is 9.86. The maximum absolute atomic E-state index is 11.0. The standard InChI is InChI=1S/C7H11NO2/c8-6-4-2-1-3-5(6)10-7(4)9/h4-6H,1-3,8H2. The molecule has 1 aliphatic carbocycles. The third-order valence-electron chi connectivity index (χ3n) is 2.47. The molecule has 2 N–H and O–H groups in total. The van der Waals surface area contributed by atoms with E-state index >= 15 is 0 Å². The highest BCUT2D eigenvalue weighted by atomic mass is 16.6. The fourth-order valence-electron chi connectivity index (χ4n) is 1.83. The molecule has 1 heterocycles. The summed E-state index contributed by atoms with van der Waals surface area (Å²) >= 11 is 0. The summed E-state index contributed by atoms with van der Waals surface area (Å²) in [6, 6.07) is -0.0127. The van der Waals surface area contributed by atoms with Gasteiger partial charge in [0.25, 0.3) is 0 Å². The molecule has 2 aliphatic rings. The lowest BCUT2D eigenvalue weighted by Crippen LogP contribution is -2.38. The van der Waals surface area contributed by atoms with E-state index in [1.165, 1.54) is 0 Å². The summed E-state index contributed by atoms with van der Waals surface area (Å²) in [5.74, 6) is -0.0613. The third-order valence-corrected chi connectivity index (χ3v) is 2.47. The third kappa shape index (κ3) is 0.669. The first-order valence-corrected chi connectivity index (χ1v) is 3.75. The largest absolute Gasteiger partial charge is 0.460 e. The second-order valence-electron chi connectivity index (χ2n) is 3.09. The minimum atomic E-state index is -0.0741. The number of carbonyl (C=O) groups excluding carboxylic acids is 1. The fraction of sp³-hybridized carbons (Fsp3) is 0.857. The minimum absolute atomic E-state index is 0.0127. The summed E-state index contributed by atoms with van der Waals surface area (Å²) in [6.07, 6.45) is 3.01. The van der Waals surface area contributed by atoms with Crippen molar-refractivity contribution in [3.8, 4) is 0 Å². The van der Waals surface area contributed by atoms with Crippen molar-refractivity contribution >= 4 is 5.97 Å². The summed E-state index contributed by atoms with van der Waals surface area (Å²) in [6.45, 7) is 0. The lowest BCUT2D eigenvalue weighted by molar-refractivity contribution is -0.143. The molecule has 0 aromatic rings. The highest BCUT2D eigenvalue weighted by Crippen LogP contribution is 2.32. The van der Waals surface area contributed by atoms with Crippen LogP contribution in [0.25, 0.3) is 0 Å². The average molecular weight is 141 g/mol. The smallest absolute Gasteiger partial charge is 0.310 e. The molecule has 2 bridgehead atoms. The Bertz CT molecular complexity index is 169. The second-order valence-corrected chi connectivity index (χ2v) is 3.09. The summed E-state index contributed by atoms with van der Waals surface area (Å²) in [4.78, 5) is 11.0. The maximum atomic E-state index is 11.0. The molecule has 2 fully saturated rings. The molecule has 0 aromatic heterocycles. The monoisotopic (exact) mass is 141 g/mol. The van der Waals surface area contributed by atoms with Crippen LogP contribution in [0, 0.1) is 5.92 Å². The van der Waals surface area contributed by atoms with E-state index in [4.69, 9.17) is 10.5 Å². The van der Waals surface area contributed by atoms with Crippen LogP contribution in [0.1, 0.15) is 19.3 Å². The Kier molecular flexibility index (Phi) is 1.20. The molecule has 0 spiro atoms. The molecule has 10 heavy (non-hydrogen) atoms.